The third kappa shape index (κ3) is 4.36. The van der Waals surface area contributed by atoms with Crippen molar-refractivity contribution in [1.82, 2.24) is 9.55 Å². The Kier molecular flexibility index (Phi) is 5.86. The summed E-state index contributed by atoms with van der Waals surface area (Å²) in [6.07, 6.45) is 2.29. The lowest BCUT2D eigenvalue weighted by atomic mass is 9.87. The van der Waals surface area contributed by atoms with Gasteiger partial charge in [0, 0.05) is 17.8 Å². The minimum atomic E-state index is 0.144. The van der Waals surface area contributed by atoms with E-state index in [4.69, 9.17) is 4.98 Å². The molecule has 0 aliphatic heterocycles. The molecule has 0 fully saturated rings. The molecule has 3 heteroatoms. The highest BCUT2D eigenvalue weighted by Crippen LogP contribution is 2.33. The van der Waals surface area contributed by atoms with Gasteiger partial charge in [0.25, 0.3) is 0 Å². The average molecular weight is 412 g/mol. The summed E-state index contributed by atoms with van der Waals surface area (Å²) in [5.74, 6) is 1.04. The van der Waals surface area contributed by atoms with Gasteiger partial charge in [0.1, 0.15) is 11.3 Å². The van der Waals surface area contributed by atoms with E-state index in [0.717, 1.165) is 42.1 Å². The number of hydrogen-bond acceptors (Lipinski definition) is 2. The number of aryl methyl sites for hydroxylation is 2. The van der Waals surface area contributed by atoms with Crippen molar-refractivity contribution >= 4 is 22.4 Å². The van der Waals surface area contributed by atoms with Crippen LogP contribution in [0.4, 0.5) is 11.4 Å². The summed E-state index contributed by atoms with van der Waals surface area (Å²) >= 11 is 0. The number of benzene rings is 3. The van der Waals surface area contributed by atoms with Crippen LogP contribution in [-0.4, -0.2) is 9.55 Å². The third-order valence-electron chi connectivity index (χ3n) is 5.94. The van der Waals surface area contributed by atoms with Crippen molar-refractivity contribution in [3.05, 3.63) is 77.9 Å². The van der Waals surface area contributed by atoms with Crippen LogP contribution in [0.25, 0.3) is 22.4 Å². The first-order valence-electron chi connectivity index (χ1n) is 11.3. The number of aromatic nitrogens is 2. The van der Waals surface area contributed by atoms with Crippen molar-refractivity contribution in [2.75, 3.05) is 5.32 Å². The minimum Gasteiger partial charge on any atom is -0.353 e. The number of nitrogens with one attached hydrogen (secondary N) is 1. The van der Waals surface area contributed by atoms with Gasteiger partial charge in [-0.3, -0.25) is 0 Å². The number of anilines is 2. The van der Waals surface area contributed by atoms with Gasteiger partial charge in [-0.05, 0) is 48.1 Å². The van der Waals surface area contributed by atoms with Crippen molar-refractivity contribution < 1.29 is 0 Å². The molecule has 1 aromatic heterocycles. The fourth-order valence-corrected chi connectivity index (χ4v) is 3.99. The number of hydrogen-bond donors (Lipinski definition) is 1. The van der Waals surface area contributed by atoms with Crippen LogP contribution in [0.2, 0.25) is 0 Å². The quantitative estimate of drug-likeness (QED) is 0.350. The summed E-state index contributed by atoms with van der Waals surface area (Å²) in [7, 11) is 0. The lowest BCUT2D eigenvalue weighted by molar-refractivity contribution is 0.590. The zero-order valence-corrected chi connectivity index (χ0v) is 19.4. The molecular formula is C28H33N3. The molecule has 3 aromatic carbocycles. The molecule has 0 bridgehead atoms. The molecule has 0 unspecified atom stereocenters. The summed E-state index contributed by atoms with van der Waals surface area (Å²) in [4.78, 5) is 5.15. The second-order valence-electron chi connectivity index (χ2n) is 9.38. The Morgan fingerprint density at radius 3 is 2.26 bits per heavy atom. The van der Waals surface area contributed by atoms with E-state index in [1.54, 1.807) is 0 Å². The maximum absolute atomic E-state index is 5.15. The van der Waals surface area contributed by atoms with Crippen molar-refractivity contribution in [2.45, 2.75) is 59.4 Å². The molecule has 0 radical (unpaired) electrons. The number of rotatable bonds is 6. The molecule has 0 amide bonds. The zero-order valence-electron chi connectivity index (χ0n) is 19.4. The highest BCUT2D eigenvalue weighted by atomic mass is 15.1. The number of unbranched alkanes of at least 4 members (excludes halogenated alkanes) is 1. The zero-order chi connectivity index (χ0) is 22.0. The Labute approximate surface area is 186 Å². The summed E-state index contributed by atoms with van der Waals surface area (Å²) < 4.78 is 2.38. The van der Waals surface area contributed by atoms with Gasteiger partial charge in [0.2, 0.25) is 0 Å². The van der Waals surface area contributed by atoms with E-state index in [2.05, 4.69) is 111 Å². The molecule has 0 saturated carbocycles. The average Bonchev–Trinajstić information content (AvgIpc) is 3.13. The fraction of sp³-hybridized carbons (Fsp3) is 0.321. The first kappa shape index (κ1) is 21.2. The predicted molar refractivity (Wildman–Crippen MR) is 133 cm³/mol. The molecular weight excluding hydrogens is 378 g/mol. The Morgan fingerprint density at radius 2 is 1.58 bits per heavy atom. The van der Waals surface area contributed by atoms with E-state index < -0.39 is 0 Å². The van der Waals surface area contributed by atoms with E-state index in [9.17, 15) is 0 Å². The van der Waals surface area contributed by atoms with Gasteiger partial charge in [-0.15, -0.1) is 0 Å². The first-order valence-corrected chi connectivity index (χ1v) is 11.3. The lowest BCUT2D eigenvalue weighted by Gasteiger charge is -2.19. The number of nitrogens with zero attached hydrogens (tertiary/aromatic N) is 2. The van der Waals surface area contributed by atoms with Crippen LogP contribution in [0.5, 0.6) is 0 Å². The Balaban J connectivity index is 1.82. The van der Waals surface area contributed by atoms with Crippen LogP contribution < -0.4 is 5.32 Å². The molecule has 4 aromatic rings. The summed E-state index contributed by atoms with van der Waals surface area (Å²) in [5, 5.41) is 3.62. The molecule has 4 rings (SSSR count). The van der Waals surface area contributed by atoms with Crippen molar-refractivity contribution in [3.8, 4) is 11.4 Å². The SMILES string of the molecule is CCCCn1c(-c2ccc(C(C)(C)C)cc2)nc2c(Nc3ccccc3C)cccc21. The van der Waals surface area contributed by atoms with Crippen LogP contribution >= 0.6 is 0 Å². The molecule has 1 heterocycles. The molecule has 0 atom stereocenters. The van der Waals surface area contributed by atoms with Gasteiger partial charge in [-0.25, -0.2) is 4.98 Å². The predicted octanol–water partition coefficient (Wildman–Crippen LogP) is 7.85. The summed E-state index contributed by atoms with van der Waals surface area (Å²) in [6.45, 7) is 12.1. The smallest absolute Gasteiger partial charge is 0.141 e. The second kappa shape index (κ2) is 8.58. The Bertz CT molecular complexity index is 1180. The van der Waals surface area contributed by atoms with Crippen molar-refractivity contribution in [2.24, 2.45) is 0 Å². The maximum Gasteiger partial charge on any atom is 0.141 e. The van der Waals surface area contributed by atoms with Crippen LogP contribution in [0.1, 0.15) is 51.7 Å². The molecule has 160 valence electrons. The van der Waals surface area contributed by atoms with Crippen LogP contribution in [0.15, 0.2) is 66.7 Å². The van der Waals surface area contributed by atoms with Crippen molar-refractivity contribution in [1.29, 1.82) is 0 Å². The highest BCUT2D eigenvalue weighted by Gasteiger charge is 2.17. The summed E-state index contributed by atoms with van der Waals surface area (Å²) in [5.41, 5.74) is 8.26. The second-order valence-corrected chi connectivity index (χ2v) is 9.38. The van der Waals surface area contributed by atoms with Gasteiger partial charge in [0.05, 0.1) is 11.2 Å². The Morgan fingerprint density at radius 1 is 0.871 bits per heavy atom. The Hall–Kier alpha value is -3.07. The van der Waals surface area contributed by atoms with E-state index >= 15 is 0 Å². The van der Waals surface area contributed by atoms with Gasteiger partial charge < -0.3 is 9.88 Å². The lowest BCUT2D eigenvalue weighted by Crippen LogP contribution is -2.10. The van der Waals surface area contributed by atoms with Gasteiger partial charge in [-0.1, -0.05) is 82.6 Å². The first-order chi connectivity index (χ1) is 14.9. The van der Waals surface area contributed by atoms with E-state index in [1.807, 2.05) is 0 Å². The van der Waals surface area contributed by atoms with Gasteiger partial charge in [0.15, 0.2) is 0 Å². The van der Waals surface area contributed by atoms with Crippen LogP contribution in [0.3, 0.4) is 0 Å². The molecule has 3 nitrogen and oxygen atoms in total. The molecule has 0 aliphatic rings. The summed E-state index contributed by atoms with van der Waals surface area (Å²) in [6, 6.07) is 23.7. The molecule has 31 heavy (non-hydrogen) atoms. The maximum atomic E-state index is 5.15. The molecule has 0 spiro atoms. The standard InChI is InChI=1S/C28H33N3/c1-6-7-19-31-25-14-10-13-24(29-23-12-9-8-11-20(23)2)26(25)30-27(31)21-15-17-22(18-16-21)28(3,4)5/h8-18,29H,6-7,19H2,1-5H3. The fourth-order valence-electron chi connectivity index (χ4n) is 3.99. The van der Waals surface area contributed by atoms with Gasteiger partial charge >= 0.3 is 0 Å². The normalized spacial score (nSPS) is 11.8. The number of para-hydroxylation sites is 2. The van der Waals surface area contributed by atoms with Crippen LogP contribution in [-0.2, 0) is 12.0 Å². The minimum absolute atomic E-state index is 0.144. The van der Waals surface area contributed by atoms with Crippen LogP contribution in [0, 0.1) is 6.92 Å². The van der Waals surface area contributed by atoms with E-state index in [0.29, 0.717) is 0 Å². The third-order valence-corrected chi connectivity index (χ3v) is 5.94. The number of imidazole rings is 1. The monoisotopic (exact) mass is 411 g/mol. The highest BCUT2D eigenvalue weighted by molar-refractivity contribution is 5.93. The molecule has 0 saturated heterocycles. The largest absolute Gasteiger partial charge is 0.353 e. The molecule has 1 N–H and O–H groups in total. The molecule has 0 aliphatic carbocycles. The number of fused-ring (bicyclic) bond motifs is 1. The van der Waals surface area contributed by atoms with Crippen molar-refractivity contribution in [3.63, 3.8) is 0 Å². The topological polar surface area (TPSA) is 29.9 Å². The van der Waals surface area contributed by atoms with E-state index in [1.165, 1.54) is 22.2 Å². The van der Waals surface area contributed by atoms with Gasteiger partial charge in [-0.2, -0.15) is 0 Å². The van der Waals surface area contributed by atoms with E-state index in [-0.39, 0.29) is 5.41 Å².